The van der Waals surface area contributed by atoms with Gasteiger partial charge in [-0.2, -0.15) is 0 Å². The van der Waals surface area contributed by atoms with Crippen molar-refractivity contribution >= 4 is 41.9 Å². The molecule has 0 bridgehead atoms. The van der Waals surface area contributed by atoms with Crippen LogP contribution in [0.5, 0.6) is 0 Å². The average Bonchev–Trinajstić information content (AvgIpc) is 2.03. The summed E-state index contributed by atoms with van der Waals surface area (Å²) in [5.74, 6) is 0. The number of rotatable bonds is 2. The first-order chi connectivity index (χ1) is 5.95. The molecular weight excluding hydrogens is 279 g/mol. The van der Waals surface area contributed by atoms with Gasteiger partial charge in [0.15, 0.2) is 6.29 Å². The van der Waals surface area contributed by atoms with Crippen LogP contribution >= 0.6 is 26.6 Å². The summed E-state index contributed by atoms with van der Waals surface area (Å²) in [5, 5.41) is 0. The van der Waals surface area contributed by atoms with Crippen LogP contribution < -0.4 is 0 Å². The summed E-state index contributed by atoms with van der Waals surface area (Å²) in [5.41, 5.74) is 0.252. The van der Waals surface area contributed by atoms with Crippen molar-refractivity contribution in [2.45, 2.75) is 4.90 Å². The Bertz CT molecular complexity index is 441. The van der Waals surface area contributed by atoms with Gasteiger partial charge in [0, 0.05) is 20.7 Å². The van der Waals surface area contributed by atoms with Gasteiger partial charge in [-0.1, -0.05) is 15.9 Å². The molecule has 0 amide bonds. The second kappa shape index (κ2) is 3.77. The molecule has 1 aromatic carbocycles. The maximum Gasteiger partial charge on any atom is 0.261 e. The topological polar surface area (TPSA) is 51.2 Å². The fourth-order valence-corrected chi connectivity index (χ4v) is 1.89. The van der Waals surface area contributed by atoms with E-state index >= 15 is 0 Å². The van der Waals surface area contributed by atoms with Crippen LogP contribution in [0.1, 0.15) is 10.4 Å². The molecule has 0 atom stereocenters. The lowest BCUT2D eigenvalue weighted by Gasteiger charge is -1.98. The predicted octanol–water partition coefficient (Wildman–Crippen LogP) is 2.19. The van der Waals surface area contributed by atoms with Crippen LogP contribution in [0.4, 0.5) is 0 Å². The first-order valence-electron chi connectivity index (χ1n) is 3.14. The third kappa shape index (κ3) is 2.52. The van der Waals surface area contributed by atoms with Gasteiger partial charge >= 0.3 is 0 Å². The monoisotopic (exact) mass is 282 g/mol. The molecule has 0 aromatic heterocycles. The maximum absolute atomic E-state index is 10.8. The summed E-state index contributed by atoms with van der Waals surface area (Å²) in [7, 11) is 1.32. The Morgan fingerprint density at radius 1 is 1.38 bits per heavy atom. The molecule has 6 heteroatoms. The van der Waals surface area contributed by atoms with Gasteiger partial charge in [-0.3, -0.25) is 4.79 Å². The van der Waals surface area contributed by atoms with E-state index in [-0.39, 0.29) is 10.5 Å². The highest BCUT2D eigenvalue weighted by molar-refractivity contribution is 9.10. The maximum atomic E-state index is 10.8. The molecule has 0 saturated carbocycles. The van der Waals surface area contributed by atoms with Crippen molar-refractivity contribution in [2.75, 3.05) is 0 Å². The standard InChI is InChI=1S/C7H4BrClO3S/c8-7-2-1-6(13(9,11)12)3-5(7)4-10/h1-4H. The molecular formula is C7H4BrClO3S. The van der Waals surface area contributed by atoms with Crippen LogP contribution in [0.2, 0.25) is 0 Å². The normalized spacial score (nSPS) is 11.2. The van der Waals surface area contributed by atoms with Crippen molar-refractivity contribution in [1.29, 1.82) is 0 Å². The Morgan fingerprint density at radius 2 is 2.00 bits per heavy atom. The van der Waals surface area contributed by atoms with E-state index in [9.17, 15) is 13.2 Å². The predicted molar refractivity (Wildman–Crippen MR) is 52.6 cm³/mol. The van der Waals surface area contributed by atoms with Crippen molar-refractivity contribution in [3.8, 4) is 0 Å². The van der Waals surface area contributed by atoms with Gasteiger partial charge in [0.1, 0.15) is 0 Å². The van der Waals surface area contributed by atoms with E-state index in [2.05, 4.69) is 15.9 Å². The van der Waals surface area contributed by atoms with E-state index in [4.69, 9.17) is 10.7 Å². The summed E-state index contributed by atoms with van der Waals surface area (Å²) in [6.45, 7) is 0. The van der Waals surface area contributed by atoms with Crippen molar-refractivity contribution in [3.05, 3.63) is 28.2 Å². The summed E-state index contributed by atoms with van der Waals surface area (Å²) in [4.78, 5) is 10.4. The van der Waals surface area contributed by atoms with Gasteiger partial charge in [-0.25, -0.2) is 8.42 Å². The fourth-order valence-electron chi connectivity index (χ4n) is 0.764. The molecule has 0 fully saturated rings. The molecule has 1 aromatic rings. The number of carbonyl (C=O) groups is 1. The largest absolute Gasteiger partial charge is 0.298 e. The number of hydrogen-bond acceptors (Lipinski definition) is 3. The summed E-state index contributed by atoms with van der Waals surface area (Å²) in [6, 6.07) is 3.98. The second-order valence-electron chi connectivity index (χ2n) is 2.24. The minimum atomic E-state index is -3.76. The van der Waals surface area contributed by atoms with Crippen LogP contribution in [0.15, 0.2) is 27.6 Å². The number of halogens is 2. The first kappa shape index (κ1) is 10.7. The Morgan fingerprint density at radius 3 is 2.46 bits per heavy atom. The van der Waals surface area contributed by atoms with Gasteiger partial charge in [0.25, 0.3) is 9.05 Å². The summed E-state index contributed by atoms with van der Waals surface area (Å²) in [6.07, 6.45) is 0.551. The van der Waals surface area contributed by atoms with E-state index in [1.807, 2.05) is 0 Å². The highest BCUT2D eigenvalue weighted by Crippen LogP contribution is 2.21. The molecule has 0 N–H and O–H groups in total. The molecule has 0 radical (unpaired) electrons. The third-order valence-corrected chi connectivity index (χ3v) is 3.45. The Labute approximate surface area is 88.3 Å². The average molecular weight is 284 g/mol. The van der Waals surface area contributed by atoms with E-state index in [1.165, 1.54) is 18.2 Å². The van der Waals surface area contributed by atoms with Crippen molar-refractivity contribution < 1.29 is 13.2 Å². The van der Waals surface area contributed by atoms with E-state index in [1.54, 1.807) is 0 Å². The minimum Gasteiger partial charge on any atom is -0.298 e. The number of hydrogen-bond donors (Lipinski definition) is 0. The quantitative estimate of drug-likeness (QED) is 0.617. The van der Waals surface area contributed by atoms with Gasteiger partial charge in [-0.15, -0.1) is 0 Å². The van der Waals surface area contributed by atoms with Crippen LogP contribution in [0.3, 0.4) is 0 Å². The highest BCUT2D eigenvalue weighted by Gasteiger charge is 2.11. The van der Waals surface area contributed by atoms with Crippen LogP contribution in [0.25, 0.3) is 0 Å². The molecule has 0 aliphatic rings. The zero-order valence-corrected chi connectivity index (χ0v) is 9.36. The summed E-state index contributed by atoms with van der Waals surface area (Å²) >= 11 is 3.09. The number of benzene rings is 1. The Kier molecular flexibility index (Phi) is 3.10. The van der Waals surface area contributed by atoms with Crippen LogP contribution in [-0.4, -0.2) is 14.7 Å². The van der Waals surface area contributed by atoms with Gasteiger partial charge in [0.2, 0.25) is 0 Å². The summed E-state index contributed by atoms with van der Waals surface area (Å²) < 4.78 is 22.2. The molecule has 3 nitrogen and oxygen atoms in total. The Hall–Kier alpha value is -0.390. The van der Waals surface area contributed by atoms with E-state index in [0.717, 1.165) is 0 Å². The fraction of sp³-hybridized carbons (Fsp3) is 0. The molecule has 0 unspecified atom stereocenters. The lowest BCUT2D eigenvalue weighted by atomic mass is 10.2. The highest BCUT2D eigenvalue weighted by atomic mass is 79.9. The van der Waals surface area contributed by atoms with Crippen molar-refractivity contribution in [3.63, 3.8) is 0 Å². The van der Waals surface area contributed by atoms with Gasteiger partial charge < -0.3 is 0 Å². The Balaban J connectivity index is 3.38. The third-order valence-electron chi connectivity index (χ3n) is 1.38. The molecule has 0 aliphatic heterocycles. The second-order valence-corrected chi connectivity index (χ2v) is 5.66. The van der Waals surface area contributed by atoms with Crippen LogP contribution in [-0.2, 0) is 9.05 Å². The smallest absolute Gasteiger partial charge is 0.261 e. The molecule has 0 aliphatic carbocycles. The van der Waals surface area contributed by atoms with Crippen LogP contribution in [0, 0.1) is 0 Å². The lowest BCUT2D eigenvalue weighted by Crippen LogP contribution is -1.92. The SMILES string of the molecule is O=Cc1cc(S(=O)(=O)Cl)ccc1Br. The minimum absolute atomic E-state index is 0.0838. The number of carbonyl (C=O) groups excluding carboxylic acids is 1. The molecule has 13 heavy (non-hydrogen) atoms. The van der Waals surface area contributed by atoms with Gasteiger partial charge in [-0.05, 0) is 18.2 Å². The van der Waals surface area contributed by atoms with Crippen molar-refractivity contribution in [2.24, 2.45) is 0 Å². The first-order valence-corrected chi connectivity index (χ1v) is 6.25. The molecule has 0 spiro atoms. The molecule has 0 saturated heterocycles. The van der Waals surface area contributed by atoms with E-state index < -0.39 is 9.05 Å². The van der Waals surface area contributed by atoms with Gasteiger partial charge in [0.05, 0.1) is 4.90 Å². The lowest BCUT2D eigenvalue weighted by molar-refractivity contribution is 0.112. The zero-order chi connectivity index (χ0) is 10.1. The van der Waals surface area contributed by atoms with Crippen molar-refractivity contribution in [1.82, 2.24) is 0 Å². The van der Waals surface area contributed by atoms with E-state index in [0.29, 0.717) is 10.8 Å². The number of aldehydes is 1. The molecule has 0 heterocycles. The molecule has 1 rings (SSSR count). The zero-order valence-electron chi connectivity index (χ0n) is 6.20. The molecule has 70 valence electrons.